The minimum Gasteiger partial charge on any atom is -0.497 e. The van der Waals surface area contributed by atoms with Gasteiger partial charge in [0.2, 0.25) is 0 Å². The van der Waals surface area contributed by atoms with Gasteiger partial charge >= 0.3 is 6.09 Å². The molecule has 1 aliphatic heterocycles. The van der Waals surface area contributed by atoms with E-state index in [1.54, 1.807) is 25.2 Å². The zero-order valence-corrected chi connectivity index (χ0v) is 16.4. The molecule has 7 heteroatoms. The van der Waals surface area contributed by atoms with Crippen molar-refractivity contribution < 1.29 is 23.5 Å². The van der Waals surface area contributed by atoms with E-state index in [9.17, 15) is 4.79 Å². The number of likely N-dealkylation sites (tertiary alicyclic amines) is 1. The molecule has 1 fully saturated rings. The molecule has 1 aromatic heterocycles. The van der Waals surface area contributed by atoms with Crippen LogP contribution in [0, 0.1) is 0 Å². The molecule has 0 N–H and O–H groups in total. The van der Waals surface area contributed by atoms with Crippen molar-refractivity contribution in [3.63, 3.8) is 0 Å². The zero-order valence-electron chi connectivity index (χ0n) is 16.4. The van der Waals surface area contributed by atoms with E-state index in [2.05, 4.69) is 5.16 Å². The molecule has 7 nitrogen and oxygen atoms in total. The van der Waals surface area contributed by atoms with Crippen LogP contribution in [0.2, 0.25) is 0 Å². The van der Waals surface area contributed by atoms with Crippen LogP contribution in [0.5, 0.6) is 11.5 Å². The molecule has 1 amide bonds. The first-order valence-electron chi connectivity index (χ1n) is 9.00. The number of nitrogens with zero attached hydrogens (tertiary/aromatic N) is 2. The Balaban J connectivity index is 1.84. The number of amides is 1. The predicted molar refractivity (Wildman–Crippen MR) is 100.0 cm³/mol. The zero-order chi connectivity index (χ0) is 19.6. The average Bonchev–Trinajstić information content (AvgIpc) is 3.28. The first-order valence-corrected chi connectivity index (χ1v) is 9.00. The first-order chi connectivity index (χ1) is 12.8. The lowest BCUT2D eigenvalue weighted by Gasteiger charge is -2.27. The van der Waals surface area contributed by atoms with Gasteiger partial charge in [-0.2, -0.15) is 0 Å². The van der Waals surface area contributed by atoms with Gasteiger partial charge in [0, 0.05) is 24.2 Å². The van der Waals surface area contributed by atoms with Crippen LogP contribution < -0.4 is 9.47 Å². The van der Waals surface area contributed by atoms with E-state index in [0.717, 1.165) is 18.4 Å². The molecule has 3 rings (SSSR count). The molecular formula is C20H26N2O5. The van der Waals surface area contributed by atoms with Crippen LogP contribution in [-0.2, 0) is 4.74 Å². The maximum Gasteiger partial charge on any atom is 0.410 e. The van der Waals surface area contributed by atoms with Gasteiger partial charge in [-0.25, -0.2) is 4.79 Å². The van der Waals surface area contributed by atoms with Crippen LogP contribution in [-0.4, -0.2) is 42.5 Å². The van der Waals surface area contributed by atoms with E-state index in [4.69, 9.17) is 18.7 Å². The fraction of sp³-hybridized carbons (Fsp3) is 0.500. The van der Waals surface area contributed by atoms with Gasteiger partial charge in [-0.15, -0.1) is 0 Å². The first kappa shape index (κ1) is 19.1. The second kappa shape index (κ2) is 7.50. The second-order valence-corrected chi connectivity index (χ2v) is 7.55. The van der Waals surface area contributed by atoms with Crippen molar-refractivity contribution in [1.82, 2.24) is 10.1 Å². The topological polar surface area (TPSA) is 74.0 Å². The number of hydrogen-bond donors (Lipinski definition) is 0. The van der Waals surface area contributed by atoms with Crippen LogP contribution in [0.4, 0.5) is 4.79 Å². The summed E-state index contributed by atoms with van der Waals surface area (Å²) >= 11 is 0. The van der Waals surface area contributed by atoms with Crippen molar-refractivity contribution in [2.45, 2.75) is 45.3 Å². The standard InChI is InChI=1S/C20H26N2O5/c1-20(2,3)26-19(23)22-8-6-7-17(22)18-12-16(21-27-18)13-9-14(24-4)11-15(10-13)25-5/h9-12,17H,6-8H2,1-5H3/t17-/m1/s1. The maximum atomic E-state index is 12.5. The van der Waals surface area contributed by atoms with Gasteiger partial charge in [0.25, 0.3) is 0 Å². The van der Waals surface area contributed by atoms with Crippen LogP contribution in [0.3, 0.4) is 0 Å². The summed E-state index contributed by atoms with van der Waals surface area (Å²) in [7, 11) is 3.20. The largest absolute Gasteiger partial charge is 0.497 e. The summed E-state index contributed by atoms with van der Waals surface area (Å²) in [5.74, 6) is 1.99. The predicted octanol–water partition coefficient (Wildman–Crippen LogP) is 4.43. The molecular weight excluding hydrogens is 348 g/mol. The minimum absolute atomic E-state index is 0.173. The fourth-order valence-corrected chi connectivity index (χ4v) is 3.14. The number of methoxy groups -OCH3 is 2. The van der Waals surface area contributed by atoms with E-state index in [-0.39, 0.29) is 12.1 Å². The molecule has 0 unspecified atom stereocenters. The second-order valence-electron chi connectivity index (χ2n) is 7.55. The number of ether oxygens (including phenoxy) is 3. The Kier molecular flexibility index (Phi) is 5.30. The summed E-state index contributed by atoms with van der Waals surface area (Å²) in [5, 5.41) is 4.19. The molecule has 1 aliphatic rings. The average molecular weight is 374 g/mol. The third kappa shape index (κ3) is 4.35. The van der Waals surface area contributed by atoms with Gasteiger partial charge in [0.1, 0.15) is 22.8 Å². The summed E-state index contributed by atoms with van der Waals surface area (Å²) in [6.07, 6.45) is 1.38. The number of hydrogen-bond acceptors (Lipinski definition) is 6. The Morgan fingerprint density at radius 1 is 1.15 bits per heavy atom. The molecule has 1 atom stereocenters. The lowest BCUT2D eigenvalue weighted by Crippen LogP contribution is -2.36. The van der Waals surface area contributed by atoms with Crippen LogP contribution in [0.1, 0.15) is 45.4 Å². The van der Waals surface area contributed by atoms with Crippen LogP contribution >= 0.6 is 0 Å². The number of carbonyl (C=O) groups excluding carboxylic acids is 1. The van der Waals surface area contributed by atoms with Crippen molar-refractivity contribution in [3.05, 3.63) is 30.0 Å². The number of rotatable bonds is 4. The fourth-order valence-electron chi connectivity index (χ4n) is 3.14. The summed E-state index contributed by atoms with van der Waals surface area (Å²) < 4.78 is 21.7. The molecule has 27 heavy (non-hydrogen) atoms. The minimum atomic E-state index is -0.534. The van der Waals surface area contributed by atoms with Gasteiger partial charge in [-0.1, -0.05) is 5.16 Å². The molecule has 0 bridgehead atoms. The normalized spacial score (nSPS) is 17.1. The molecule has 0 saturated carbocycles. The lowest BCUT2D eigenvalue weighted by molar-refractivity contribution is 0.0204. The highest BCUT2D eigenvalue weighted by atomic mass is 16.6. The Bertz CT molecular complexity index is 787. The molecule has 1 aromatic carbocycles. The Morgan fingerprint density at radius 2 is 1.81 bits per heavy atom. The van der Waals surface area contributed by atoms with Crippen molar-refractivity contribution in [2.24, 2.45) is 0 Å². The number of carbonyl (C=O) groups is 1. The van der Waals surface area contributed by atoms with E-state index in [1.807, 2.05) is 39.0 Å². The Hall–Kier alpha value is -2.70. The van der Waals surface area contributed by atoms with Gasteiger partial charge in [-0.05, 0) is 45.7 Å². The van der Waals surface area contributed by atoms with Crippen LogP contribution in [0.15, 0.2) is 28.8 Å². The summed E-state index contributed by atoms with van der Waals surface area (Å²) in [5.41, 5.74) is 0.953. The summed E-state index contributed by atoms with van der Waals surface area (Å²) in [4.78, 5) is 14.2. The summed E-state index contributed by atoms with van der Waals surface area (Å²) in [6, 6.07) is 7.22. The molecule has 0 spiro atoms. The van der Waals surface area contributed by atoms with E-state index < -0.39 is 5.60 Å². The molecule has 2 aromatic rings. The Morgan fingerprint density at radius 3 is 2.41 bits per heavy atom. The molecule has 0 radical (unpaired) electrons. The van der Waals surface area contributed by atoms with Crippen molar-refractivity contribution >= 4 is 6.09 Å². The Labute approximate surface area is 159 Å². The maximum absolute atomic E-state index is 12.5. The van der Waals surface area contributed by atoms with Gasteiger partial charge in [0.05, 0.1) is 20.3 Å². The molecule has 2 heterocycles. The number of aromatic nitrogens is 1. The van der Waals surface area contributed by atoms with Crippen molar-refractivity contribution in [3.8, 4) is 22.8 Å². The highest BCUT2D eigenvalue weighted by molar-refractivity contribution is 5.69. The van der Waals surface area contributed by atoms with Crippen molar-refractivity contribution in [1.29, 1.82) is 0 Å². The monoisotopic (exact) mass is 374 g/mol. The lowest BCUT2D eigenvalue weighted by atomic mass is 10.1. The van der Waals surface area contributed by atoms with E-state index >= 15 is 0 Å². The molecule has 0 aliphatic carbocycles. The van der Waals surface area contributed by atoms with Gasteiger partial charge in [0.15, 0.2) is 5.76 Å². The van der Waals surface area contributed by atoms with E-state index in [1.165, 1.54) is 0 Å². The van der Waals surface area contributed by atoms with Gasteiger partial charge in [-0.3, -0.25) is 4.90 Å². The SMILES string of the molecule is COc1cc(OC)cc(-c2cc([C@H]3CCCN3C(=O)OC(C)(C)C)on2)c1. The van der Waals surface area contributed by atoms with Crippen molar-refractivity contribution in [2.75, 3.05) is 20.8 Å². The molecule has 1 saturated heterocycles. The van der Waals surface area contributed by atoms with Gasteiger partial charge < -0.3 is 18.7 Å². The van der Waals surface area contributed by atoms with Crippen LogP contribution in [0.25, 0.3) is 11.3 Å². The van der Waals surface area contributed by atoms with E-state index in [0.29, 0.717) is 29.5 Å². The smallest absolute Gasteiger partial charge is 0.410 e. The summed E-state index contributed by atoms with van der Waals surface area (Å²) in [6.45, 7) is 6.22. The highest BCUT2D eigenvalue weighted by Gasteiger charge is 2.35. The third-order valence-electron chi connectivity index (χ3n) is 4.38. The quantitative estimate of drug-likeness (QED) is 0.788. The highest BCUT2D eigenvalue weighted by Crippen LogP contribution is 2.36. The number of benzene rings is 1. The third-order valence-corrected chi connectivity index (χ3v) is 4.38. The molecule has 146 valence electrons.